The molecule has 4 nitrogen and oxygen atoms in total. The lowest BCUT2D eigenvalue weighted by atomic mass is 9.97. The molecule has 6 heteroatoms. The van der Waals surface area contributed by atoms with Crippen LogP contribution in [0.25, 0.3) is 10.1 Å². The predicted octanol–water partition coefficient (Wildman–Crippen LogP) is 5.70. The molecular formula is C24H26N4S2. The Morgan fingerprint density at radius 3 is 2.77 bits per heavy atom. The molecule has 1 aliphatic heterocycles. The summed E-state index contributed by atoms with van der Waals surface area (Å²) in [6, 6.07) is 21.6. The van der Waals surface area contributed by atoms with Crippen LogP contribution in [0.2, 0.25) is 0 Å². The maximum Gasteiger partial charge on any atom is 0.191 e. The number of piperidine rings is 1. The summed E-state index contributed by atoms with van der Waals surface area (Å²) in [4.78, 5) is 4.04. The molecule has 30 heavy (non-hydrogen) atoms. The zero-order valence-electron chi connectivity index (χ0n) is 17.2. The Hall–Kier alpha value is -2.15. The minimum Gasteiger partial charge on any atom is -0.309 e. The van der Waals surface area contributed by atoms with Crippen LogP contribution in [0, 0.1) is 0 Å². The Morgan fingerprint density at radius 2 is 1.90 bits per heavy atom. The third kappa shape index (κ3) is 4.31. The number of thioether (sulfide) groups is 1. The van der Waals surface area contributed by atoms with Crippen LogP contribution < -0.4 is 0 Å². The molecule has 1 fully saturated rings. The number of rotatable bonds is 6. The van der Waals surface area contributed by atoms with Crippen molar-refractivity contribution >= 4 is 33.2 Å². The van der Waals surface area contributed by atoms with E-state index < -0.39 is 0 Å². The highest BCUT2D eigenvalue weighted by Crippen LogP contribution is 2.31. The van der Waals surface area contributed by atoms with Gasteiger partial charge in [0.15, 0.2) is 5.16 Å². The first-order valence-corrected chi connectivity index (χ1v) is 12.3. The highest BCUT2D eigenvalue weighted by molar-refractivity contribution is 7.98. The van der Waals surface area contributed by atoms with Crippen molar-refractivity contribution in [2.24, 2.45) is 7.05 Å². The van der Waals surface area contributed by atoms with E-state index in [1.54, 1.807) is 11.8 Å². The third-order valence-corrected chi connectivity index (χ3v) is 8.00. The summed E-state index contributed by atoms with van der Waals surface area (Å²) in [5.74, 6) is 2.51. The average Bonchev–Trinajstić information content (AvgIpc) is 3.35. The Labute approximate surface area is 185 Å². The molecule has 154 valence electrons. The van der Waals surface area contributed by atoms with Crippen molar-refractivity contribution in [1.29, 1.82) is 0 Å². The van der Waals surface area contributed by atoms with Gasteiger partial charge in [0, 0.05) is 41.4 Å². The van der Waals surface area contributed by atoms with Gasteiger partial charge in [-0.1, -0.05) is 60.3 Å². The second-order valence-electron chi connectivity index (χ2n) is 8.00. The Kier molecular flexibility index (Phi) is 5.88. The van der Waals surface area contributed by atoms with Gasteiger partial charge in [0.25, 0.3) is 0 Å². The van der Waals surface area contributed by atoms with Crippen LogP contribution in [0.4, 0.5) is 0 Å². The maximum absolute atomic E-state index is 4.60. The normalized spacial score (nSPS) is 17.6. The first kappa shape index (κ1) is 19.8. The lowest BCUT2D eigenvalue weighted by Gasteiger charge is -2.31. The van der Waals surface area contributed by atoms with Crippen molar-refractivity contribution in [2.75, 3.05) is 13.1 Å². The first-order chi connectivity index (χ1) is 14.8. The van der Waals surface area contributed by atoms with E-state index in [4.69, 9.17) is 0 Å². The number of benzene rings is 2. The third-order valence-electron chi connectivity index (χ3n) is 5.81. The summed E-state index contributed by atoms with van der Waals surface area (Å²) < 4.78 is 3.59. The zero-order valence-corrected chi connectivity index (χ0v) is 18.8. The molecule has 0 amide bonds. The first-order valence-electron chi connectivity index (χ1n) is 10.5. The zero-order chi connectivity index (χ0) is 20.3. The van der Waals surface area contributed by atoms with E-state index in [1.807, 2.05) is 11.3 Å². The monoisotopic (exact) mass is 434 g/mol. The SMILES string of the molecule is Cn1c(SCc2ccccc2)nnc1[C@H]1CCCN(Cc2cc3ccccc3s2)C1. The average molecular weight is 435 g/mol. The smallest absolute Gasteiger partial charge is 0.191 e. The molecular weight excluding hydrogens is 408 g/mol. The van der Waals surface area contributed by atoms with E-state index >= 15 is 0 Å². The van der Waals surface area contributed by atoms with Gasteiger partial charge in [0.05, 0.1) is 0 Å². The highest BCUT2D eigenvalue weighted by atomic mass is 32.2. The van der Waals surface area contributed by atoms with Gasteiger partial charge < -0.3 is 4.57 Å². The standard InChI is InChI=1S/C24H26N4S2/c1-27-23(25-26-24(27)29-17-18-8-3-2-4-9-18)20-11-7-13-28(15-20)16-21-14-19-10-5-6-12-22(19)30-21/h2-6,8-10,12,14,20H,7,11,13,15-17H2,1H3/t20-/m0/s1. The Bertz CT molecular complexity index is 1090. The van der Waals surface area contributed by atoms with E-state index in [9.17, 15) is 0 Å². The summed E-state index contributed by atoms with van der Waals surface area (Å²) in [5.41, 5.74) is 1.32. The summed E-state index contributed by atoms with van der Waals surface area (Å²) in [6.45, 7) is 3.26. The van der Waals surface area contributed by atoms with E-state index in [0.29, 0.717) is 5.92 Å². The molecule has 0 unspecified atom stereocenters. The lowest BCUT2D eigenvalue weighted by Crippen LogP contribution is -2.34. The van der Waals surface area contributed by atoms with Gasteiger partial charge in [-0.2, -0.15) is 0 Å². The van der Waals surface area contributed by atoms with Gasteiger partial charge in [-0.15, -0.1) is 21.5 Å². The molecule has 0 saturated carbocycles. The molecule has 0 spiro atoms. The number of aromatic nitrogens is 3. The predicted molar refractivity (Wildman–Crippen MR) is 126 cm³/mol. The number of likely N-dealkylation sites (tertiary alicyclic amines) is 1. The van der Waals surface area contributed by atoms with Crippen LogP contribution in [0.15, 0.2) is 65.8 Å². The van der Waals surface area contributed by atoms with Crippen molar-refractivity contribution < 1.29 is 0 Å². The van der Waals surface area contributed by atoms with E-state index in [-0.39, 0.29) is 0 Å². The van der Waals surface area contributed by atoms with Crippen molar-refractivity contribution in [2.45, 2.75) is 36.2 Å². The second-order valence-corrected chi connectivity index (χ2v) is 10.1. The molecule has 0 radical (unpaired) electrons. The largest absolute Gasteiger partial charge is 0.309 e. The molecule has 1 aliphatic rings. The van der Waals surface area contributed by atoms with Gasteiger partial charge in [-0.05, 0) is 42.5 Å². The molecule has 1 atom stereocenters. The molecule has 0 N–H and O–H groups in total. The van der Waals surface area contributed by atoms with Gasteiger partial charge in [0.1, 0.15) is 5.82 Å². The fourth-order valence-corrected chi connectivity index (χ4v) is 6.26. The molecule has 4 aromatic rings. The number of nitrogens with zero attached hydrogens (tertiary/aromatic N) is 4. The topological polar surface area (TPSA) is 34.0 Å². The Morgan fingerprint density at radius 1 is 1.07 bits per heavy atom. The van der Waals surface area contributed by atoms with Crippen molar-refractivity contribution in [1.82, 2.24) is 19.7 Å². The number of hydrogen-bond donors (Lipinski definition) is 0. The Balaban J connectivity index is 1.25. The summed E-state index contributed by atoms with van der Waals surface area (Å²) >= 11 is 3.69. The van der Waals surface area contributed by atoms with Crippen molar-refractivity contribution in [3.05, 3.63) is 76.9 Å². The van der Waals surface area contributed by atoms with Crippen LogP contribution in [0.1, 0.15) is 35.0 Å². The molecule has 3 heterocycles. The molecule has 2 aromatic heterocycles. The van der Waals surface area contributed by atoms with E-state index in [1.165, 1.54) is 33.4 Å². The minimum atomic E-state index is 0.455. The highest BCUT2D eigenvalue weighted by Gasteiger charge is 2.26. The lowest BCUT2D eigenvalue weighted by molar-refractivity contribution is 0.196. The van der Waals surface area contributed by atoms with Crippen LogP contribution >= 0.6 is 23.1 Å². The van der Waals surface area contributed by atoms with E-state index in [2.05, 4.69) is 87.4 Å². The summed E-state index contributed by atoms with van der Waals surface area (Å²) in [5, 5.41) is 11.5. The quantitative estimate of drug-likeness (QED) is 0.365. The molecule has 0 bridgehead atoms. The van der Waals surface area contributed by atoms with Crippen LogP contribution in [-0.2, 0) is 19.3 Å². The number of fused-ring (bicyclic) bond motifs is 1. The molecule has 2 aromatic carbocycles. The van der Waals surface area contributed by atoms with E-state index in [0.717, 1.165) is 36.4 Å². The van der Waals surface area contributed by atoms with Gasteiger partial charge in [-0.25, -0.2) is 0 Å². The van der Waals surface area contributed by atoms with Crippen LogP contribution in [0.3, 0.4) is 0 Å². The van der Waals surface area contributed by atoms with Crippen LogP contribution in [-0.4, -0.2) is 32.8 Å². The summed E-state index contributed by atoms with van der Waals surface area (Å²) in [6.07, 6.45) is 2.41. The van der Waals surface area contributed by atoms with Gasteiger partial charge in [-0.3, -0.25) is 4.90 Å². The molecule has 1 saturated heterocycles. The van der Waals surface area contributed by atoms with Gasteiger partial charge in [0.2, 0.25) is 0 Å². The molecule has 0 aliphatic carbocycles. The second kappa shape index (κ2) is 8.92. The number of thiophene rings is 1. The van der Waals surface area contributed by atoms with Crippen molar-refractivity contribution in [3.8, 4) is 0 Å². The van der Waals surface area contributed by atoms with Crippen molar-refractivity contribution in [3.63, 3.8) is 0 Å². The minimum absolute atomic E-state index is 0.455. The fraction of sp³-hybridized carbons (Fsp3) is 0.333. The maximum atomic E-state index is 4.60. The molecule has 5 rings (SSSR count). The summed E-state index contributed by atoms with van der Waals surface area (Å²) in [7, 11) is 2.12. The van der Waals surface area contributed by atoms with Crippen LogP contribution in [0.5, 0.6) is 0 Å². The fourth-order valence-electron chi connectivity index (χ4n) is 4.27. The number of hydrogen-bond acceptors (Lipinski definition) is 5. The van der Waals surface area contributed by atoms with Gasteiger partial charge >= 0.3 is 0 Å².